The van der Waals surface area contributed by atoms with Gasteiger partial charge >= 0.3 is 0 Å². The average Bonchev–Trinajstić information content (AvgIpc) is 2.84. The van der Waals surface area contributed by atoms with Crippen LogP contribution in [0.15, 0.2) is 10.9 Å². The van der Waals surface area contributed by atoms with Crippen molar-refractivity contribution in [1.82, 2.24) is 20.1 Å². The van der Waals surface area contributed by atoms with Crippen LogP contribution in [0.5, 0.6) is 5.75 Å². The number of aromatic nitrogens is 4. The Morgan fingerprint density at radius 2 is 2.16 bits per heavy atom. The highest BCUT2D eigenvalue weighted by Crippen LogP contribution is 2.27. The number of nitrogen functional groups attached to an aromatic ring is 1. The highest BCUT2D eigenvalue weighted by molar-refractivity contribution is 5.62. The molecule has 2 heterocycles. The minimum Gasteiger partial charge on any atom is -0.490 e. The molecule has 0 bridgehead atoms. The van der Waals surface area contributed by atoms with Crippen molar-refractivity contribution in [1.29, 1.82) is 0 Å². The number of nitrogens with two attached hydrogens (primary N) is 1. The molecule has 102 valence electrons. The van der Waals surface area contributed by atoms with Crippen molar-refractivity contribution in [3.8, 4) is 5.75 Å². The number of hydrazine groups is 1. The summed E-state index contributed by atoms with van der Waals surface area (Å²) in [6.07, 6.45) is 1.97. The Kier molecular flexibility index (Phi) is 4.08. The number of ether oxygens (including phenoxy) is 1. The minimum absolute atomic E-state index is 0.411. The molecule has 0 fully saturated rings. The second-order valence-corrected chi connectivity index (χ2v) is 3.66. The third-order valence-electron chi connectivity index (χ3n) is 2.35. The molecule has 4 N–H and O–H groups in total. The van der Waals surface area contributed by atoms with E-state index in [-0.39, 0.29) is 0 Å². The smallest absolute Gasteiger partial charge is 0.228 e. The first kappa shape index (κ1) is 13.0. The van der Waals surface area contributed by atoms with Crippen molar-refractivity contribution in [2.45, 2.75) is 13.3 Å². The first-order chi connectivity index (χ1) is 9.24. The maximum Gasteiger partial charge on any atom is 0.228 e. The molecule has 0 unspecified atom stereocenters. The molecule has 2 rings (SSSR count). The lowest BCUT2D eigenvalue weighted by molar-refractivity contribution is 0.376. The lowest BCUT2D eigenvalue weighted by Gasteiger charge is -2.11. The van der Waals surface area contributed by atoms with Gasteiger partial charge in [-0.3, -0.25) is 0 Å². The van der Waals surface area contributed by atoms with E-state index in [1.807, 2.05) is 0 Å². The second kappa shape index (κ2) is 5.96. The van der Waals surface area contributed by atoms with Crippen molar-refractivity contribution in [2.75, 3.05) is 24.4 Å². The largest absolute Gasteiger partial charge is 0.490 e. The molecule has 0 atom stereocenters. The van der Waals surface area contributed by atoms with Gasteiger partial charge in [-0.05, 0) is 6.92 Å². The third kappa shape index (κ3) is 3.07. The molecule has 0 radical (unpaired) electrons. The Hall–Kier alpha value is -2.42. The van der Waals surface area contributed by atoms with Gasteiger partial charge in [0.25, 0.3) is 0 Å². The normalized spacial score (nSPS) is 10.3. The van der Waals surface area contributed by atoms with Gasteiger partial charge in [-0.25, -0.2) is 15.8 Å². The molecular formula is C10H15N7O2. The molecule has 19 heavy (non-hydrogen) atoms. The third-order valence-corrected chi connectivity index (χ3v) is 2.35. The van der Waals surface area contributed by atoms with Crippen LogP contribution in [0.3, 0.4) is 0 Å². The first-order valence-corrected chi connectivity index (χ1v) is 5.63. The molecule has 0 aromatic carbocycles. The fourth-order valence-corrected chi connectivity index (χ4v) is 1.53. The van der Waals surface area contributed by atoms with E-state index < -0.39 is 0 Å². The molecular weight excluding hydrogens is 250 g/mol. The van der Waals surface area contributed by atoms with Crippen LogP contribution in [0.2, 0.25) is 0 Å². The van der Waals surface area contributed by atoms with E-state index in [1.165, 1.54) is 13.4 Å². The number of nitrogens with zero attached hydrogens (tertiary/aromatic N) is 4. The molecule has 2 aromatic heterocycles. The van der Waals surface area contributed by atoms with Gasteiger partial charge in [0, 0.05) is 13.0 Å². The van der Waals surface area contributed by atoms with Crippen molar-refractivity contribution in [3.05, 3.63) is 18.0 Å². The summed E-state index contributed by atoms with van der Waals surface area (Å²) >= 11 is 0. The van der Waals surface area contributed by atoms with E-state index >= 15 is 0 Å². The summed E-state index contributed by atoms with van der Waals surface area (Å²) in [4.78, 5) is 12.1. The quantitative estimate of drug-likeness (QED) is 0.493. The van der Waals surface area contributed by atoms with Gasteiger partial charge in [-0.2, -0.15) is 4.98 Å². The molecule has 0 saturated heterocycles. The summed E-state index contributed by atoms with van der Waals surface area (Å²) in [5.74, 6) is 7.92. The molecule has 0 saturated carbocycles. The SMILES string of the molecule is COc1c(NN)ncnc1NCCc1nc(C)no1. The molecule has 0 aliphatic heterocycles. The van der Waals surface area contributed by atoms with Crippen molar-refractivity contribution < 1.29 is 9.26 Å². The van der Waals surface area contributed by atoms with Crippen LogP contribution in [0.25, 0.3) is 0 Å². The zero-order chi connectivity index (χ0) is 13.7. The second-order valence-electron chi connectivity index (χ2n) is 3.66. The number of methoxy groups -OCH3 is 1. The van der Waals surface area contributed by atoms with E-state index in [0.29, 0.717) is 42.1 Å². The fourth-order valence-electron chi connectivity index (χ4n) is 1.53. The predicted octanol–water partition coefficient (Wildman–Crippen LogP) is 0.117. The molecule has 0 amide bonds. The van der Waals surface area contributed by atoms with Crippen LogP contribution < -0.4 is 21.3 Å². The van der Waals surface area contributed by atoms with E-state index in [1.54, 1.807) is 6.92 Å². The topological polar surface area (TPSA) is 124 Å². The van der Waals surface area contributed by atoms with E-state index in [0.717, 1.165) is 0 Å². The molecule has 0 aliphatic rings. The Morgan fingerprint density at radius 1 is 1.37 bits per heavy atom. The molecule has 0 spiro atoms. The van der Waals surface area contributed by atoms with Gasteiger partial charge < -0.3 is 20.0 Å². The number of rotatable bonds is 6. The zero-order valence-electron chi connectivity index (χ0n) is 10.7. The monoisotopic (exact) mass is 265 g/mol. The van der Waals surface area contributed by atoms with Gasteiger partial charge in [0.05, 0.1) is 7.11 Å². The Balaban J connectivity index is 1.99. The fraction of sp³-hybridized carbons (Fsp3) is 0.400. The van der Waals surface area contributed by atoms with Gasteiger partial charge in [0.2, 0.25) is 11.6 Å². The van der Waals surface area contributed by atoms with Gasteiger partial charge in [0.1, 0.15) is 6.33 Å². The summed E-state index contributed by atoms with van der Waals surface area (Å²) in [7, 11) is 1.52. The van der Waals surface area contributed by atoms with Crippen molar-refractivity contribution >= 4 is 11.6 Å². The Labute approximate surface area is 109 Å². The molecule has 2 aromatic rings. The van der Waals surface area contributed by atoms with Crippen LogP contribution in [0, 0.1) is 6.92 Å². The maximum atomic E-state index is 5.34. The number of aryl methyl sites for hydroxylation is 1. The number of hydrogen-bond acceptors (Lipinski definition) is 9. The summed E-state index contributed by atoms with van der Waals surface area (Å²) in [5, 5.41) is 6.81. The molecule has 0 aliphatic carbocycles. The van der Waals surface area contributed by atoms with Crippen LogP contribution in [-0.2, 0) is 6.42 Å². The molecule has 9 nitrogen and oxygen atoms in total. The minimum atomic E-state index is 0.411. The summed E-state index contributed by atoms with van der Waals surface area (Å²) in [6, 6.07) is 0. The predicted molar refractivity (Wildman–Crippen MR) is 67.6 cm³/mol. The van der Waals surface area contributed by atoms with E-state index in [4.69, 9.17) is 15.1 Å². The summed E-state index contributed by atoms with van der Waals surface area (Å²) in [5.41, 5.74) is 2.44. The number of anilines is 2. The summed E-state index contributed by atoms with van der Waals surface area (Å²) < 4.78 is 10.2. The highest BCUT2D eigenvalue weighted by atomic mass is 16.5. The van der Waals surface area contributed by atoms with Crippen LogP contribution >= 0.6 is 0 Å². The highest BCUT2D eigenvalue weighted by Gasteiger charge is 2.11. The number of hydrogen-bond donors (Lipinski definition) is 3. The van der Waals surface area contributed by atoms with Crippen molar-refractivity contribution in [3.63, 3.8) is 0 Å². The maximum absolute atomic E-state index is 5.34. The Morgan fingerprint density at radius 3 is 2.79 bits per heavy atom. The van der Waals surface area contributed by atoms with Crippen LogP contribution in [0.4, 0.5) is 11.6 Å². The van der Waals surface area contributed by atoms with Crippen LogP contribution in [0.1, 0.15) is 11.7 Å². The lowest BCUT2D eigenvalue weighted by Crippen LogP contribution is -2.13. The van der Waals surface area contributed by atoms with Gasteiger partial charge in [-0.15, -0.1) is 0 Å². The van der Waals surface area contributed by atoms with Crippen LogP contribution in [-0.4, -0.2) is 33.8 Å². The number of nitrogens with one attached hydrogen (secondary N) is 2. The standard InChI is InChI=1S/C10H15N7O2/c1-6-15-7(19-17-6)3-4-12-9-8(18-2)10(16-11)14-5-13-9/h5H,3-4,11H2,1-2H3,(H2,12,13,14,16). The zero-order valence-corrected chi connectivity index (χ0v) is 10.7. The Bertz CT molecular complexity index is 542. The average molecular weight is 265 g/mol. The lowest BCUT2D eigenvalue weighted by atomic mass is 10.4. The van der Waals surface area contributed by atoms with E-state index in [9.17, 15) is 0 Å². The van der Waals surface area contributed by atoms with Gasteiger partial charge in [0.15, 0.2) is 17.5 Å². The molecule has 9 heteroatoms. The summed E-state index contributed by atoms with van der Waals surface area (Å²) in [6.45, 7) is 2.34. The van der Waals surface area contributed by atoms with Gasteiger partial charge in [-0.1, -0.05) is 5.16 Å². The van der Waals surface area contributed by atoms with Crippen molar-refractivity contribution in [2.24, 2.45) is 5.84 Å². The first-order valence-electron chi connectivity index (χ1n) is 5.63. The van der Waals surface area contributed by atoms with E-state index in [2.05, 4.69) is 30.9 Å².